The second-order valence-electron chi connectivity index (χ2n) is 5.55. The van der Waals surface area contributed by atoms with Crippen LogP contribution in [0.2, 0.25) is 0 Å². The van der Waals surface area contributed by atoms with Crippen LogP contribution in [0, 0.1) is 13.8 Å². The van der Waals surface area contributed by atoms with Gasteiger partial charge < -0.3 is 0 Å². The maximum absolute atomic E-state index is 2.33. The molecule has 1 heteroatoms. The maximum atomic E-state index is 2.33. The van der Waals surface area contributed by atoms with Gasteiger partial charge in [0.1, 0.15) is 0 Å². The topological polar surface area (TPSA) is 0 Å². The Kier molecular flexibility index (Phi) is 5.16. The van der Waals surface area contributed by atoms with Gasteiger partial charge in [-0.2, -0.15) is 0 Å². The molecular weight excluding hydrogens is 319 g/mol. The van der Waals surface area contributed by atoms with Crippen molar-refractivity contribution in [2.24, 2.45) is 0 Å². The first-order valence-electron chi connectivity index (χ1n) is 7.04. The zero-order valence-corrected chi connectivity index (χ0v) is 15.2. The molecule has 2 aromatic carbocycles. The van der Waals surface area contributed by atoms with Crippen LogP contribution in [0.15, 0.2) is 42.5 Å². The van der Waals surface area contributed by atoms with Crippen molar-refractivity contribution < 1.29 is 24.2 Å². The Balaban J connectivity index is 0.000000328. The molecule has 0 saturated carbocycles. The van der Waals surface area contributed by atoms with E-state index in [0.29, 0.717) is 0 Å². The third-order valence-corrected chi connectivity index (χ3v) is 3.50. The van der Waals surface area contributed by atoms with Crippen molar-refractivity contribution in [3.8, 4) is 0 Å². The molecule has 0 amide bonds. The van der Waals surface area contributed by atoms with Gasteiger partial charge in [0, 0.05) is 0 Å². The molecule has 0 aromatic heterocycles. The van der Waals surface area contributed by atoms with Crippen LogP contribution in [0.4, 0.5) is 0 Å². The fraction of sp³-hybridized carbons (Fsp3) is 0.263. The number of aryl methyl sites for hydroxylation is 2. The van der Waals surface area contributed by atoms with Crippen molar-refractivity contribution in [2.75, 3.05) is 0 Å². The van der Waals surface area contributed by atoms with E-state index in [1.165, 1.54) is 36.2 Å². The molecule has 0 radical (unpaired) electrons. The van der Waals surface area contributed by atoms with Gasteiger partial charge in [0.05, 0.1) is 0 Å². The van der Waals surface area contributed by atoms with E-state index in [2.05, 4.69) is 70.2 Å². The van der Waals surface area contributed by atoms with Crippen LogP contribution >= 0.6 is 0 Å². The molecule has 0 bridgehead atoms. The Labute approximate surface area is 136 Å². The second kappa shape index (κ2) is 6.68. The van der Waals surface area contributed by atoms with E-state index in [4.69, 9.17) is 0 Å². The number of benzene rings is 1. The van der Waals surface area contributed by atoms with Gasteiger partial charge in [-0.05, 0) is 13.3 Å². The summed E-state index contributed by atoms with van der Waals surface area (Å²) < 4.78 is 1.51. The van der Waals surface area contributed by atoms with Crippen molar-refractivity contribution in [3.63, 3.8) is 0 Å². The van der Waals surface area contributed by atoms with Crippen molar-refractivity contribution in [1.29, 1.82) is 0 Å². The largest absolute Gasteiger partial charge is 0.133 e. The van der Waals surface area contributed by atoms with E-state index in [1.54, 1.807) is 24.2 Å². The van der Waals surface area contributed by atoms with Crippen molar-refractivity contribution in [1.82, 2.24) is 0 Å². The first-order chi connectivity index (χ1) is 9.50. The molecule has 0 heterocycles. The number of fused-ring (bicyclic) bond motifs is 1. The molecule has 2 aromatic rings. The van der Waals surface area contributed by atoms with Gasteiger partial charge in [0.15, 0.2) is 0 Å². The molecule has 0 unspecified atom stereocenters. The van der Waals surface area contributed by atoms with E-state index in [1.807, 2.05) is 0 Å². The van der Waals surface area contributed by atoms with Gasteiger partial charge in [-0.25, -0.2) is 0 Å². The van der Waals surface area contributed by atoms with Gasteiger partial charge in [-0.3, -0.25) is 0 Å². The Morgan fingerprint density at radius 2 is 1.90 bits per heavy atom. The van der Waals surface area contributed by atoms with Crippen LogP contribution in [0.1, 0.15) is 37.0 Å². The zero-order valence-electron chi connectivity index (χ0n) is 12.7. The molecule has 0 atom stereocenters. The van der Waals surface area contributed by atoms with Crippen molar-refractivity contribution >= 4 is 19.6 Å². The summed E-state index contributed by atoms with van der Waals surface area (Å²) in [5.41, 5.74) is 5.69. The zero-order chi connectivity index (χ0) is 14.7. The summed E-state index contributed by atoms with van der Waals surface area (Å²) in [7, 11) is 0. The van der Waals surface area contributed by atoms with Crippen molar-refractivity contribution in [3.05, 3.63) is 59.2 Å². The number of rotatable bonds is 1. The van der Waals surface area contributed by atoms with Crippen LogP contribution in [0.3, 0.4) is 0 Å². The normalized spacial score (nSPS) is 13.1. The molecular formula is C19H21Zr-. The van der Waals surface area contributed by atoms with Gasteiger partial charge in [-0.1, -0.05) is 42.8 Å². The van der Waals surface area contributed by atoms with Crippen LogP contribution < -0.4 is 0 Å². The maximum Gasteiger partial charge on any atom is -0.0365 e. The average Bonchev–Trinajstić information content (AvgIpc) is 2.97. The van der Waals surface area contributed by atoms with Crippen LogP contribution in [-0.2, 0) is 24.2 Å². The minimum absolute atomic E-state index is 1.08. The molecule has 1 aliphatic rings. The van der Waals surface area contributed by atoms with E-state index in [9.17, 15) is 0 Å². The third-order valence-electron chi connectivity index (χ3n) is 3.50. The Bertz CT molecular complexity index is 692. The number of hydrogen-bond donors (Lipinski definition) is 0. The van der Waals surface area contributed by atoms with E-state index in [-0.39, 0.29) is 0 Å². The minimum Gasteiger partial charge on any atom is -0.133 e. The fourth-order valence-corrected chi connectivity index (χ4v) is 2.70. The predicted octanol–water partition coefficient (Wildman–Crippen LogP) is 5.26. The SMILES string of the molecule is C[C](C)=[Zr].Cc1cccc2[cH-]c(C3=CC=CC3)c(C)c12. The van der Waals surface area contributed by atoms with Gasteiger partial charge in [0.2, 0.25) is 0 Å². The van der Waals surface area contributed by atoms with Crippen LogP contribution in [-0.4, -0.2) is 3.21 Å². The Morgan fingerprint density at radius 3 is 2.45 bits per heavy atom. The molecule has 20 heavy (non-hydrogen) atoms. The molecule has 3 rings (SSSR count). The van der Waals surface area contributed by atoms with Gasteiger partial charge in [-0.15, -0.1) is 39.6 Å². The van der Waals surface area contributed by atoms with Crippen LogP contribution in [0.5, 0.6) is 0 Å². The summed E-state index contributed by atoms with van der Waals surface area (Å²) >= 11 is 1.55. The Morgan fingerprint density at radius 1 is 1.20 bits per heavy atom. The molecule has 0 N–H and O–H groups in total. The quantitative estimate of drug-likeness (QED) is 0.621. The Hall–Kier alpha value is -0.937. The summed E-state index contributed by atoms with van der Waals surface area (Å²) in [6, 6.07) is 8.88. The summed E-state index contributed by atoms with van der Waals surface area (Å²) in [4.78, 5) is 0. The molecule has 0 aliphatic heterocycles. The van der Waals surface area contributed by atoms with Gasteiger partial charge in [0.25, 0.3) is 0 Å². The standard InChI is InChI=1S/C16H15.C3H6.Zr/c1-11-6-5-9-14-10-15(12(2)16(11)14)13-7-3-4-8-13;1-3-2;/h3-7,9-10H,8H2,1-2H3;1-2H3;/q-1;;. The molecule has 0 fully saturated rings. The number of allylic oxidation sites excluding steroid dienone is 4. The van der Waals surface area contributed by atoms with Crippen LogP contribution in [0.25, 0.3) is 16.3 Å². The average molecular weight is 341 g/mol. The molecule has 102 valence electrons. The first kappa shape index (κ1) is 15.5. The minimum atomic E-state index is 1.08. The molecule has 0 nitrogen and oxygen atoms in total. The summed E-state index contributed by atoms with van der Waals surface area (Å²) in [6.07, 6.45) is 7.69. The smallest absolute Gasteiger partial charge is 0.0365 e. The van der Waals surface area contributed by atoms with E-state index in [0.717, 1.165) is 6.42 Å². The summed E-state index contributed by atoms with van der Waals surface area (Å²) in [5.74, 6) is 0. The molecule has 1 aliphatic carbocycles. The fourth-order valence-electron chi connectivity index (χ4n) is 2.70. The summed E-state index contributed by atoms with van der Waals surface area (Å²) in [6.45, 7) is 8.68. The number of hydrogen-bond acceptors (Lipinski definition) is 0. The molecule has 0 spiro atoms. The van der Waals surface area contributed by atoms with E-state index >= 15 is 0 Å². The predicted molar refractivity (Wildman–Crippen MR) is 87.1 cm³/mol. The van der Waals surface area contributed by atoms with Gasteiger partial charge >= 0.3 is 41.3 Å². The third kappa shape index (κ3) is 3.39. The summed E-state index contributed by atoms with van der Waals surface area (Å²) in [5, 5.41) is 2.81. The molecule has 0 saturated heterocycles. The van der Waals surface area contributed by atoms with E-state index < -0.39 is 0 Å². The first-order valence-corrected chi connectivity index (χ1v) is 8.27. The monoisotopic (exact) mass is 339 g/mol. The van der Waals surface area contributed by atoms with Crippen molar-refractivity contribution in [2.45, 2.75) is 34.1 Å². The second-order valence-corrected chi connectivity index (χ2v) is 8.00.